The summed E-state index contributed by atoms with van der Waals surface area (Å²) in [7, 11) is 1.25. The number of ketones is 1. The van der Waals surface area contributed by atoms with E-state index in [2.05, 4.69) is 10.6 Å². The van der Waals surface area contributed by atoms with E-state index in [1.54, 1.807) is 48.5 Å². The molecule has 1 heterocycles. The van der Waals surface area contributed by atoms with E-state index in [0.717, 1.165) is 5.56 Å². The van der Waals surface area contributed by atoms with Gasteiger partial charge in [0.25, 0.3) is 0 Å². The standard InChI is InChI=1S/C22H22N2O5/c1-29-22(28)18(24-21(27)17-11-12-19(25)23-17)13-14-7-9-16(10-8-14)20(26)15-5-3-2-4-6-15/h2-10,17-18H,11-13H2,1H3,(H,23,25)(H,24,27)/t17-,18+/m0/s1. The summed E-state index contributed by atoms with van der Waals surface area (Å²) in [4.78, 5) is 48.2. The van der Waals surface area contributed by atoms with Gasteiger partial charge in [0, 0.05) is 24.0 Å². The van der Waals surface area contributed by atoms with Crippen molar-refractivity contribution >= 4 is 23.6 Å². The molecular weight excluding hydrogens is 372 g/mol. The van der Waals surface area contributed by atoms with Gasteiger partial charge in [-0.1, -0.05) is 54.6 Å². The zero-order valence-corrected chi connectivity index (χ0v) is 16.0. The van der Waals surface area contributed by atoms with E-state index in [-0.39, 0.29) is 24.5 Å². The molecule has 0 bridgehead atoms. The molecule has 1 aliphatic heterocycles. The summed E-state index contributed by atoms with van der Waals surface area (Å²) < 4.78 is 4.79. The zero-order valence-electron chi connectivity index (χ0n) is 16.0. The Kier molecular flexibility index (Phi) is 6.39. The Hall–Kier alpha value is -3.48. The van der Waals surface area contributed by atoms with Gasteiger partial charge in [-0.05, 0) is 12.0 Å². The molecule has 0 spiro atoms. The quantitative estimate of drug-likeness (QED) is 0.546. The first-order chi connectivity index (χ1) is 14.0. The number of hydrogen-bond acceptors (Lipinski definition) is 5. The predicted octanol–water partition coefficient (Wildman–Crippen LogP) is 1.40. The van der Waals surface area contributed by atoms with Crippen LogP contribution in [0.4, 0.5) is 0 Å². The van der Waals surface area contributed by atoms with Crippen molar-refractivity contribution in [2.45, 2.75) is 31.3 Å². The third-order valence-electron chi connectivity index (χ3n) is 4.81. The van der Waals surface area contributed by atoms with E-state index in [9.17, 15) is 19.2 Å². The van der Waals surface area contributed by atoms with Gasteiger partial charge in [-0.2, -0.15) is 0 Å². The van der Waals surface area contributed by atoms with Crippen LogP contribution in [-0.4, -0.2) is 42.8 Å². The summed E-state index contributed by atoms with van der Waals surface area (Å²) in [6, 6.07) is 14.3. The highest BCUT2D eigenvalue weighted by molar-refractivity contribution is 6.08. The van der Waals surface area contributed by atoms with Crippen molar-refractivity contribution in [2.75, 3.05) is 7.11 Å². The average Bonchev–Trinajstić information content (AvgIpc) is 3.19. The summed E-state index contributed by atoms with van der Waals surface area (Å²) in [6.07, 6.45) is 0.894. The van der Waals surface area contributed by atoms with Crippen molar-refractivity contribution in [1.29, 1.82) is 0 Å². The Balaban J connectivity index is 1.67. The van der Waals surface area contributed by atoms with Crippen LogP contribution in [0.2, 0.25) is 0 Å². The van der Waals surface area contributed by atoms with Crippen molar-refractivity contribution in [1.82, 2.24) is 10.6 Å². The first kappa shape index (κ1) is 20.3. The lowest BCUT2D eigenvalue weighted by atomic mass is 9.99. The van der Waals surface area contributed by atoms with Crippen LogP contribution in [0.5, 0.6) is 0 Å². The number of ether oxygens (including phenoxy) is 1. The lowest BCUT2D eigenvalue weighted by Gasteiger charge is -2.19. The third kappa shape index (κ3) is 5.07. The van der Waals surface area contributed by atoms with Crippen molar-refractivity contribution in [2.24, 2.45) is 0 Å². The fourth-order valence-corrected chi connectivity index (χ4v) is 3.20. The molecule has 0 saturated carbocycles. The Morgan fingerprint density at radius 3 is 2.31 bits per heavy atom. The lowest BCUT2D eigenvalue weighted by molar-refractivity contribution is -0.145. The molecule has 7 nitrogen and oxygen atoms in total. The summed E-state index contributed by atoms with van der Waals surface area (Å²) in [6.45, 7) is 0. The molecule has 3 rings (SSSR count). The highest BCUT2D eigenvalue weighted by Gasteiger charge is 2.30. The maximum absolute atomic E-state index is 12.5. The fourth-order valence-electron chi connectivity index (χ4n) is 3.20. The van der Waals surface area contributed by atoms with Crippen LogP contribution < -0.4 is 10.6 Å². The number of benzene rings is 2. The molecule has 2 aromatic carbocycles. The Bertz CT molecular complexity index is 909. The Labute approximate surface area is 168 Å². The Morgan fingerprint density at radius 2 is 1.72 bits per heavy atom. The summed E-state index contributed by atoms with van der Waals surface area (Å²) in [5.41, 5.74) is 1.90. The summed E-state index contributed by atoms with van der Waals surface area (Å²) in [5, 5.41) is 5.22. The molecular formula is C22H22N2O5. The van der Waals surface area contributed by atoms with E-state index in [1.165, 1.54) is 7.11 Å². The smallest absolute Gasteiger partial charge is 0.328 e. The molecule has 1 aliphatic rings. The van der Waals surface area contributed by atoms with Gasteiger partial charge in [0.1, 0.15) is 12.1 Å². The number of rotatable bonds is 7. The van der Waals surface area contributed by atoms with Crippen LogP contribution >= 0.6 is 0 Å². The van der Waals surface area contributed by atoms with E-state index in [4.69, 9.17) is 4.74 Å². The first-order valence-corrected chi connectivity index (χ1v) is 9.34. The molecule has 2 aromatic rings. The SMILES string of the molecule is COC(=O)[C@@H](Cc1ccc(C(=O)c2ccccc2)cc1)NC(=O)[C@@H]1CCC(=O)N1. The molecule has 7 heteroatoms. The third-order valence-corrected chi connectivity index (χ3v) is 4.81. The second kappa shape index (κ2) is 9.14. The van der Waals surface area contributed by atoms with E-state index in [1.807, 2.05) is 6.07 Å². The molecule has 2 amide bonds. The van der Waals surface area contributed by atoms with Crippen molar-refractivity contribution in [3.05, 3.63) is 71.3 Å². The van der Waals surface area contributed by atoms with Crippen LogP contribution in [0.1, 0.15) is 34.3 Å². The molecule has 0 unspecified atom stereocenters. The molecule has 1 saturated heterocycles. The van der Waals surface area contributed by atoms with Gasteiger partial charge in [0.05, 0.1) is 7.11 Å². The monoisotopic (exact) mass is 394 g/mol. The van der Waals surface area contributed by atoms with Gasteiger partial charge in [-0.25, -0.2) is 4.79 Å². The molecule has 150 valence electrons. The van der Waals surface area contributed by atoms with E-state index >= 15 is 0 Å². The molecule has 29 heavy (non-hydrogen) atoms. The maximum atomic E-state index is 12.5. The number of nitrogens with one attached hydrogen (secondary N) is 2. The van der Waals surface area contributed by atoms with Gasteiger partial charge < -0.3 is 15.4 Å². The topological polar surface area (TPSA) is 102 Å². The maximum Gasteiger partial charge on any atom is 0.328 e. The minimum absolute atomic E-state index is 0.0908. The van der Waals surface area contributed by atoms with Crippen LogP contribution in [0.15, 0.2) is 54.6 Å². The highest BCUT2D eigenvalue weighted by atomic mass is 16.5. The number of amides is 2. The number of carbonyl (C=O) groups is 4. The van der Waals surface area contributed by atoms with Crippen LogP contribution in [0.25, 0.3) is 0 Å². The summed E-state index contributed by atoms with van der Waals surface area (Å²) in [5.74, 6) is -1.26. The minimum Gasteiger partial charge on any atom is -0.467 e. The second-order valence-electron chi connectivity index (χ2n) is 6.84. The van der Waals surface area contributed by atoms with Gasteiger partial charge in [-0.15, -0.1) is 0 Å². The number of esters is 1. The van der Waals surface area contributed by atoms with Gasteiger partial charge in [0.15, 0.2) is 5.78 Å². The van der Waals surface area contributed by atoms with Crippen molar-refractivity contribution in [3.8, 4) is 0 Å². The van der Waals surface area contributed by atoms with Crippen molar-refractivity contribution in [3.63, 3.8) is 0 Å². The van der Waals surface area contributed by atoms with Crippen molar-refractivity contribution < 1.29 is 23.9 Å². The number of methoxy groups -OCH3 is 1. The number of hydrogen-bond donors (Lipinski definition) is 2. The number of carbonyl (C=O) groups excluding carboxylic acids is 4. The lowest BCUT2D eigenvalue weighted by Crippen LogP contribution is -2.49. The average molecular weight is 394 g/mol. The molecule has 0 radical (unpaired) electrons. The van der Waals surface area contributed by atoms with Gasteiger partial charge in [0.2, 0.25) is 11.8 Å². The molecule has 2 N–H and O–H groups in total. The van der Waals surface area contributed by atoms with E-state index in [0.29, 0.717) is 17.5 Å². The highest BCUT2D eigenvalue weighted by Crippen LogP contribution is 2.13. The minimum atomic E-state index is -0.888. The molecule has 0 aromatic heterocycles. The van der Waals surface area contributed by atoms with Crippen LogP contribution in [-0.2, 0) is 25.5 Å². The molecule has 2 atom stereocenters. The summed E-state index contributed by atoms with van der Waals surface area (Å²) >= 11 is 0. The predicted molar refractivity (Wildman–Crippen MR) is 105 cm³/mol. The molecule has 1 fully saturated rings. The second-order valence-corrected chi connectivity index (χ2v) is 6.84. The fraction of sp³-hybridized carbons (Fsp3) is 0.273. The van der Waals surface area contributed by atoms with Crippen LogP contribution in [0, 0.1) is 0 Å². The van der Waals surface area contributed by atoms with E-state index < -0.39 is 24.0 Å². The van der Waals surface area contributed by atoms with Gasteiger partial charge in [-0.3, -0.25) is 14.4 Å². The zero-order chi connectivity index (χ0) is 20.8. The molecule has 0 aliphatic carbocycles. The largest absolute Gasteiger partial charge is 0.467 e. The Morgan fingerprint density at radius 1 is 1.07 bits per heavy atom. The first-order valence-electron chi connectivity index (χ1n) is 9.34. The van der Waals surface area contributed by atoms with Crippen LogP contribution in [0.3, 0.4) is 0 Å². The van der Waals surface area contributed by atoms with Gasteiger partial charge >= 0.3 is 5.97 Å². The normalized spacial score (nSPS) is 16.6.